The molecule has 1 aliphatic carbocycles. The number of halogens is 6. The Balaban J connectivity index is 1.80. The van der Waals surface area contributed by atoms with Crippen molar-refractivity contribution < 1.29 is 41.0 Å². The zero-order valence-corrected chi connectivity index (χ0v) is 17.9. The number of benzene rings is 2. The summed E-state index contributed by atoms with van der Waals surface area (Å²) in [7, 11) is 0. The van der Waals surface area contributed by atoms with Crippen LogP contribution < -0.4 is 4.74 Å². The minimum Gasteiger partial charge on any atom is -0.488 e. The summed E-state index contributed by atoms with van der Waals surface area (Å²) in [6.07, 6.45) is -3.31. The number of carboxylic acids is 1. The van der Waals surface area contributed by atoms with Gasteiger partial charge in [0.25, 0.3) is 0 Å². The number of nitrogens with zero attached hydrogens (tertiary/aromatic N) is 1. The van der Waals surface area contributed by atoms with Crippen molar-refractivity contribution in [2.75, 3.05) is 0 Å². The van der Waals surface area contributed by atoms with Crippen molar-refractivity contribution in [2.24, 2.45) is 0 Å². The van der Waals surface area contributed by atoms with E-state index in [0.29, 0.717) is 48.2 Å². The van der Waals surface area contributed by atoms with Crippen molar-refractivity contribution in [3.63, 3.8) is 0 Å². The van der Waals surface area contributed by atoms with Crippen molar-refractivity contribution in [2.45, 2.75) is 32.0 Å². The quantitative estimate of drug-likeness (QED) is 0.380. The molecule has 0 amide bonds. The van der Waals surface area contributed by atoms with Crippen LogP contribution in [0.1, 0.15) is 52.1 Å². The number of aromatic nitrogens is 1. The van der Waals surface area contributed by atoms with Gasteiger partial charge in [0, 0.05) is 17.7 Å². The lowest BCUT2D eigenvalue weighted by molar-refractivity contribution is -0.137. The fourth-order valence-corrected chi connectivity index (χ4v) is 3.97. The van der Waals surface area contributed by atoms with Gasteiger partial charge in [-0.2, -0.15) is 13.2 Å². The second-order valence-corrected chi connectivity index (χ2v) is 7.87. The van der Waals surface area contributed by atoms with Gasteiger partial charge in [-0.15, -0.1) is 0 Å². The molecule has 0 atom stereocenters. The average Bonchev–Trinajstić information content (AvgIpc) is 3.27. The molecule has 0 saturated heterocycles. The minimum atomic E-state index is -4.66. The Morgan fingerprint density at radius 3 is 2.31 bits per heavy atom. The Morgan fingerprint density at radius 2 is 1.66 bits per heavy atom. The maximum atomic E-state index is 14.0. The monoisotopic (exact) mass is 493 g/mol. The molecule has 1 heterocycles. The van der Waals surface area contributed by atoms with Crippen LogP contribution in [0.2, 0.25) is 0 Å². The molecule has 0 aliphatic heterocycles. The fourth-order valence-electron chi connectivity index (χ4n) is 3.97. The van der Waals surface area contributed by atoms with Crippen molar-refractivity contribution in [1.29, 1.82) is 0 Å². The van der Waals surface area contributed by atoms with Gasteiger partial charge in [-0.3, -0.25) is 0 Å². The third-order valence-electron chi connectivity index (χ3n) is 5.61. The maximum Gasteiger partial charge on any atom is 0.416 e. The number of hydrogen-bond acceptors (Lipinski definition) is 3. The van der Waals surface area contributed by atoms with Crippen LogP contribution in [0.15, 0.2) is 48.5 Å². The highest BCUT2D eigenvalue weighted by atomic mass is 19.4. The van der Waals surface area contributed by atoms with Gasteiger partial charge in [0.15, 0.2) is 0 Å². The lowest BCUT2D eigenvalue weighted by Crippen LogP contribution is -2.08. The van der Waals surface area contributed by atoms with Gasteiger partial charge in [-0.05, 0) is 60.7 Å². The smallest absolute Gasteiger partial charge is 0.416 e. The summed E-state index contributed by atoms with van der Waals surface area (Å²) in [4.78, 5) is 15.4. The number of carboxylic acid groups (broad SMARTS) is 1. The van der Waals surface area contributed by atoms with Crippen LogP contribution >= 0.6 is 0 Å². The molecule has 35 heavy (non-hydrogen) atoms. The summed E-state index contributed by atoms with van der Waals surface area (Å²) in [5.41, 5.74) is -0.380. The summed E-state index contributed by atoms with van der Waals surface area (Å²) < 4.78 is 87.3. The largest absolute Gasteiger partial charge is 0.488 e. The van der Waals surface area contributed by atoms with Gasteiger partial charge in [0.1, 0.15) is 35.5 Å². The summed E-state index contributed by atoms with van der Waals surface area (Å²) >= 11 is 0. The number of carbonyl (C=O) groups is 1. The van der Waals surface area contributed by atoms with Crippen molar-refractivity contribution in [3.05, 3.63) is 94.1 Å². The molecule has 10 heteroatoms. The molecule has 4 rings (SSSR count). The number of allylic oxidation sites excluding steroid dienone is 2. The zero-order valence-electron chi connectivity index (χ0n) is 17.9. The molecule has 0 bridgehead atoms. The third-order valence-corrected chi connectivity index (χ3v) is 5.61. The molecule has 0 radical (unpaired) electrons. The van der Waals surface area contributed by atoms with Crippen LogP contribution in [0.3, 0.4) is 0 Å². The van der Waals surface area contributed by atoms with Gasteiger partial charge in [0.05, 0.1) is 16.8 Å². The second kappa shape index (κ2) is 9.44. The first kappa shape index (κ1) is 24.3. The molecule has 4 nitrogen and oxygen atoms in total. The normalized spacial score (nSPS) is 13.9. The SMILES string of the molecule is O=C(O)c1cccc(C2=C(c3cc(C(F)(F)F)ccc3OCc3c(F)cc(F)cc3F)CCC2)n1. The van der Waals surface area contributed by atoms with E-state index in [9.17, 15) is 36.2 Å². The summed E-state index contributed by atoms with van der Waals surface area (Å²) in [5.74, 6) is -4.81. The number of alkyl halides is 3. The highest BCUT2D eigenvalue weighted by Crippen LogP contribution is 2.44. The first-order chi connectivity index (χ1) is 16.5. The molecule has 0 spiro atoms. The highest BCUT2D eigenvalue weighted by Gasteiger charge is 2.32. The standard InChI is InChI=1S/C25H17F6NO3/c26-14-10-19(27)18(20(28)11-14)12-35-23-8-7-13(25(29,30)31)9-17(23)15-3-1-4-16(15)21-5-2-6-22(32-21)24(33)34/h2,5-11H,1,3-4,12H2,(H,33,34). The van der Waals surface area contributed by atoms with E-state index in [1.165, 1.54) is 12.1 Å². The average molecular weight is 493 g/mol. The van der Waals surface area contributed by atoms with Crippen LogP contribution in [-0.4, -0.2) is 16.1 Å². The number of hydrogen-bond donors (Lipinski definition) is 1. The third kappa shape index (κ3) is 5.16. The van der Waals surface area contributed by atoms with Crippen LogP contribution in [0.25, 0.3) is 11.1 Å². The zero-order chi connectivity index (χ0) is 25.3. The topological polar surface area (TPSA) is 59.4 Å². The lowest BCUT2D eigenvalue weighted by Gasteiger charge is -2.17. The van der Waals surface area contributed by atoms with Crippen molar-refractivity contribution in [1.82, 2.24) is 4.98 Å². The van der Waals surface area contributed by atoms with Gasteiger partial charge in [-0.25, -0.2) is 22.9 Å². The summed E-state index contributed by atoms with van der Waals surface area (Å²) in [5, 5.41) is 9.24. The maximum absolute atomic E-state index is 14.0. The molecule has 0 unspecified atom stereocenters. The van der Waals surface area contributed by atoms with Gasteiger partial charge >= 0.3 is 12.1 Å². The predicted octanol–water partition coefficient (Wildman–Crippen LogP) is 6.89. The molecule has 182 valence electrons. The van der Waals surface area contributed by atoms with E-state index in [-0.39, 0.29) is 17.0 Å². The second-order valence-electron chi connectivity index (χ2n) is 7.87. The van der Waals surface area contributed by atoms with Crippen LogP contribution in [-0.2, 0) is 12.8 Å². The summed E-state index contributed by atoms with van der Waals surface area (Å²) in [6, 6.07) is 8.03. The number of ether oxygens (including phenoxy) is 1. The van der Waals surface area contributed by atoms with E-state index in [2.05, 4.69) is 4.98 Å². The van der Waals surface area contributed by atoms with Crippen molar-refractivity contribution in [3.8, 4) is 5.75 Å². The van der Waals surface area contributed by atoms with E-state index in [4.69, 9.17) is 4.74 Å². The Bertz CT molecular complexity index is 1310. The van der Waals surface area contributed by atoms with Crippen LogP contribution in [0.4, 0.5) is 26.3 Å². The Morgan fingerprint density at radius 1 is 0.971 bits per heavy atom. The molecular formula is C25H17F6NO3. The van der Waals surface area contributed by atoms with E-state index >= 15 is 0 Å². The van der Waals surface area contributed by atoms with Gasteiger partial charge in [-0.1, -0.05) is 6.07 Å². The Kier molecular flexibility index (Phi) is 6.56. The molecule has 1 aromatic heterocycles. The van der Waals surface area contributed by atoms with Crippen LogP contribution in [0, 0.1) is 17.5 Å². The van der Waals surface area contributed by atoms with Crippen molar-refractivity contribution >= 4 is 17.1 Å². The minimum absolute atomic E-state index is 0.0535. The molecule has 3 aromatic rings. The molecule has 1 aliphatic rings. The predicted molar refractivity (Wildman–Crippen MR) is 114 cm³/mol. The van der Waals surface area contributed by atoms with Crippen LogP contribution in [0.5, 0.6) is 5.75 Å². The van der Waals surface area contributed by atoms with Gasteiger partial charge in [0.2, 0.25) is 0 Å². The fraction of sp³-hybridized carbons (Fsp3) is 0.200. The number of aromatic carboxylic acids is 1. The molecule has 2 aromatic carbocycles. The highest BCUT2D eigenvalue weighted by molar-refractivity contribution is 5.94. The summed E-state index contributed by atoms with van der Waals surface area (Å²) in [6.45, 7) is -0.689. The van der Waals surface area contributed by atoms with E-state index in [1.807, 2.05) is 0 Å². The van der Waals surface area contributed by atoms with E-state index < -0.39 is 47.3 Å². The lowest BCUT2D eigenvalue weighted by atomic mass is 9.96. The first-order valence-electron chi connectivity index (χ1n) is 10.4. The first-order valence-corrected chi connectivity index (χ1v) is 10.4. The molecule has 0 fully saturated rings. The molecular weight excluding hydrogens is 476 g/mol. The Hall–Kier alpha value is -3.82. The van der Waals surface area contributed by atoms with E-state index in [0.717, 1.165) is 18.2 Å². The number of rotatable bonds is 6. The van der Waals surface area contributed by atoms with E-state index in [1.54, 1.807) is 6.07 Å². The molecule has 1 N–H and O–H groups in total. The molecule has 0 saturated carbocycles. The van der Waals surface area contributed by atoms with Gasteiger partial charge < -0.3 is 9.84 Å². The number of pyridine rings is 1. The Labute approximate surface area is 195 Å².